The van der Waals surface area contributed by atoms with Crippen LogP contribution in [0.5, 0.6) is 5.75 Å². The van der Waals surface area contributed by atoms with Gasteiger partial charge in [-0.05, 0) is 128 Å². The SMILES string of the molecule is CN1C(=O)[C@H](Cc2c[nH]cn2)NC(=O)[C@H](CC(=O)O)NC(=O)[C@H](Cc2c[nH]c3ccc(F)cc23)NC(=O)[C@H](CCc2c[nH]c3ccc(F)cc23)NC(=O)CNC(=O)[C@H](CCCCN)NC(=O)CCSCc2cccc(c2)CSC[C@@H](C(N)=O)NC(=O)[C@@H]2CCCN2C(=O)[C@@H]1Cc1ccc(O)cc1. The average molecular weight is 1440 g/mol. The van der Waals surface area contributed by atoms with Crippen LogP contribution < -0.4 is 48.7 Å². The molecule has 16 N–H and O–H groups in total. The molecule has 0 radical (unpaired) electrons. The number of aryl methyl sites for hydroxylation is 1. The summed E-state index contributed by atoms with van der Waals surface area (Å²) in [6, 6.07) is 9.38. The van der Waals surface area contributed by atoms with Gasteiger partial charge in [0.1, 0.15) is 65.7 Å². The number of thioether (sulfide) groups is 2. The number of rotatable bonds is 16. The molecule has 9 rings (SSSR count). The topological polar surface area (TPSA) is 431 Å². The molecule has 2 aliphatic heterocycles. The molecule has 102 heavy (non-hydrogen) atoms. The van der Waals surface area contributed by atoms with E-state index in [4.69, 9.17) is 11.5 Å². The van der Waals surface area contributed by atoms with E-state index in [-0.39, 0.29) is 79.6 Å². The van der Waals surface area contributed by atoms with Gasteiger partial charge >= 0.3 is 5.97 Å². The van der Waals surface area contributed by atoms with Crippen molar-refractivity contribution in [1.29, 1.82) is 0 Å². The number of benzene rings is 4. The van der Waals surface area contributed by atoms with Crippen LogP contribution in [0, 0.1) is 11.6 Å². The summed E-state index contributed by atoms with van der Waals surface area (Å²) in [5.41, 5.74) is 15.9. The zero-order valence-corrected chi connectivity index (χ0v) is 57.5. The third kappa shape index (κ3) is 21.1. The first-order valence-corrected chi connectivity index (χ1v) is 35.7. The van der Waals surface area contributed by atoms with Crippen LogP contribution in [0.2, 0.25) is 0 Å². The van der Waals surface area contributed by atoms with E-state index in [1.54, 1.807) is 6.20 Å². The number of carboxylic acid groups (broad SMARTS) is 1. The normalized spacial score (nSPS) is 22.0. The number of phenolic OH excluding ortho intramolecular Hbond substituents is 1. The van der Waals surface area contributed by atoms with Gasteiger partial charge in [-0.2, -0.15) is 23.5 Å². The smallest absolute Gasteiger partial charge is 0.305 e. The van der Waals surface area contributed by atoms with Crippen LogP contribution in [0.4, 0.5) is 8.78 Å². The Hall–Kier alpha value is -10.3. The van der Waals surface area contributed by atoms with E-state index in [9.17, 15) is 52.6 Å². The number of fused-ring (bicyclic) bond motifs is 5. The van der Waals surface area contributed by atoms with E-state index in [1.165, 1.54) is 115 Å². The molecule has 7 aromatic rings. The van der Waals surface area contributed by atoms with Gasteiger partial charge in [-0.15, -0.1) is 0 Å². The Kier molecular flexibility index (Phi) is 27.0. The highest BCUT2D eigenvalue weighted by Gasteiger charge is 2.43. The van der Waals surface area contributed by atoms with E-state index in [2.05, 4.69) is 57.2 Å². The standard InChI is InChI=1S/C70H83F2N15O13S2/c1-86-59(25-39-10-15-47(88)16-11-39)70(100)87-22-5-9-58(87)68(98)85-57(63(74)93)37-102-36-41-7-4-6-40(24-41)35-101-23-20-60(89)80-52(8-2-3-21-73)64(94)78-34-61(90)81-53(17-12-42-31-76-50-18-13-44(71)27-48(42)50)65(95)82-54(26-43-32-77-51-19-14-45(72)28-49(43)51)66(96)83-55(30-62(91)92)67(97)84-56(69(86)99)29-46-33-75-38-79-46/h4,6-7,10-11,13-16,18-19,24,27-28,31-33,38,52-59,76-77,88H,2-3,5,8-9,12,17,20-23,25-26,29-30,34-37,73H2,1H3,(H2,74,93)(H,75,79)(H,78,94)(H,80,89)(H,81,90)(H,82,95)(H,83,96)(H,84,97)(H,85,98)(H,91,92)/t52-,53-,54-,55-,56-,57-,58-,59-/m0/s1. The van der Waals surface area contributed by atoms with E-state index in [1.807, 2.05) is 24.3 Å². The van der Waals surface area contributed by atoms with Crippen molar-refractivity contribution in [3.63, 3.8) is 0 Å². The lowest BCUT2D eigenvalue weighted by molar-refractivity contribution is -0.149. The van der Waals surface area contributed by atoms with Gasteiger partial charge in [-0.25, -0.2) is 13.8 Å². The number of hydrogen-bond donors (Lipinski definition) is 14. The number of phenols is 1. The van der Waals surface area contributed by atoms with Gasteiger partial charge in [0.05, 0.1) is 25.0 Å². The number of amides is 10. The maximum Gasteiger partial charge on any atom is 0.305 e. The van der Waals surface area contributed by atoms with Crippen molar-refractivity contribution in [3.05, 3.63) is 155 Å². The molecule has 0 saturated carbocycles. The number of carbonyl (C=O) groups is 11. The molecule has 1 fully saturated rings. The molecule has 0 aliphatic carbocycles. The molecular formula is C70H83F2N15O13S2. The number of carboxylic acids is 1. The molecule has 2 aliphatic rings. The molecule has 0 spiro atoms. The van der Waals surface area contributed by atoms with Crippen molar-refractivity contribution in [3.8, 4) is 5.75 Å². The van der Waals surface area contributed by atoms with Crippen LogP contribution in [-0.2, 0) is 89.9 Å². The Balaban J connectivity index is 1.05. The van der Waals surface area contributed by atoms with Gasteiger partial charge in [0.25, 0.3) is 0 Å². The summed E-state index contributed by atoms with van der Waals surface area (Å²) in [6.07, 6.45) is 4.98. The summed E-state index contributed by atoms with van der Waals surface area (Å²) < 4.78 is 29.7. The Morgan fingerprint density at radius 3 is 1.97 bits per heavy atom. The number of carbonyl (C=O) groups excluding carboxylic acids is 10. The van der Waals surface area contributed by atoms with E-state index in [0.717, 1.165) is 16.0 Å². The number of likely N-dealkylation sites (N-methyl/N-ethyl adjacent to an activating group) is 1. The third-order valence-electron chi connectivity index (χ3n) is 17.7. The highest BCUT2D eigenvalue weighted by Crippen LogP contribution is 2.27. The number of hydrogen-bond acceptors (Lipinski definition) is 16. The first-order chi connectivity index (χ1) is 49.0. The number of nitrogens with two attached hydrogens (primary N) is 2. The predicted molar refractivity (Wildman–Crippen MR) is 376 cm³/mol. The molecule has 5 heterocycles. The molecule has 8 atom stereocenters. The monoisotopic (exact) mass is 1440 g/mol. The maximum atomic E-state index is 15.3. The maximum absolute atomic E-state index is 15.3. The second kappa shape index (κ2) is 36.3. The quantitative estimate of drug-likeness (QED) is 0.0618. The summed E-state index contributed by atoms with van der Waals surface area (Å²) in [5.74, 6) is -10.2. The van der Waals surface area contributed by atoms with Crippen molar-refractivity contribution in [2.45, 2.75) is 137 Å². The first-order valence-electron chi connectivity index (χ1n) is 33.4. The summed E-state index contributed by atoms with van der Waals surface area (Å²) in [5, 5.41) is 39.7. The molecule has 28 nitrogen and oxygen atoms in total. The summed E-state index contributed by atoms with van der Waals surface area (Å²) in [7, 11) is 1.29. The van der Waals surface area contributed by atoms with Crippen molar-refractivity contribution in [1.82, 2.24) is 67.0 Å². The molecule has 542 valence electrons. The minimum absolute atomic E-state index is 0.000488. The highest BCUT2D eigenvalue weighted by atomic mass is 32.2. The molecule has 10 amide bonds. The lowest BCUT2D eigenvalue weighted by atomic mass is 10.0. The van der Waals surface area contributed by atoms with E-state index < -0.39 is 144 Å². The van der Waals surface area contributed by atoms with Crippen molar-refractivity contribution in [2.24, 2.45) is 11.5 Å². The molecule has 2 bridgehead atoms. The number of H-pyrrole nitrogens is 3. The number of unbranched alkanes of at least 4 members (excludes halogenated alkanes) is 1. The minimum Gasteiger partial charge on any atom is -0.508 e. The highest BCUT2D eigenvalue weighted by molar-refractivity contribution is 7.98. The Labute approximate surface area is 593 Å². The second-order valence-corrected chi connectivity index (χ2v) is 27.3. The van der Waals surface area contributed by atoms with Gasteiger partial charge in [0.15, 0.2) is 0 Å². The van der Waals surface area contributed by atoms with E-state index >= 15 is 19.2 Å². The molecule has 1 saturated heterocycles. The fourth-order valence-corrected chi connectivity index (χ4v) is 14.2. The second-order valence-electron chi connectivity index (χ2n) is 25.2. The number of aromatic hydroxyl groups is 1. The number of aromatic nitrogens is 4. The Bertz CT molecular complexity index is 4160. The van der Waals surface area contributed by atoms with Crippen molar-refractivity contribution < 1.29 is 71.7 Å². The number of aliphatic carboxylic acids is 1. The predicted octanol–water partition coefficient (Wildman–Crippen LogP) is 2.52. The number of aromatic amines is 3. The number of primary amides is 1. The first kappa shape index (κ1) is 75.9. The van der Waals surface area contributed by atoms with Crippen LogP contribution in [0.25, 0.3) is 21.8 Å². The number of imidazole rings is 1. The summed E-state index contributed by atoms with van der Waals surface area (Å²) in [4.78, 5) is 173. The van der Waals surface area contributed by atoms with Crippen LogP contribution >= 0.6 is 23.5 Å². The fourth-order valence-electron chi connectivity index (χ4n) is 12.3. The number of nitrogens with one attached hydrogen (secondary N) is 10. The summed E-state index contributed by atoms with van der Waals surface area (Å²) in [6.45, 7) is -0.374. The number of nitrogens with zero attached hydrogens (tertiary/aromatic N) is 3. The van der Waals surface area contributed by atoms with Gasteiger partial charge in [-0.1, -0.05) is 36.4 Å². The summed E-state index contributed by atoms with van der Waals surface area (Å²) >= 11 is 2.80. The zero-order valence-electron chi connectivity index (χ0n) is 55.9. The van der Waals surface area contributed by atoms with Gasteiger partial charge in [0, 0.05) is 103 Å². The van der Waals surface area contributed by atoms with Crippen molar-refractivity contribution in [2.75, 3.05) is 38.2 Å². The zero-order chi connectivity index (χ0) is 73.0. The molecule has 0 unspecified atom stereocenters. The molecule has 3 aromatic heterocycles. The Morgan fingerprint density at radius 1 is 0.657 bits per heavy atom. The van der Waals surface area contributed by atoms with Gasteiger partial charge in [0.2, 0.25) is 59.1 Å². The van der Waals surface area contributed by atoms with Crippen LogP contribution in [0.15, 0.2) is 110 Å². The van der Waals surface area contributed by atoms with Gasteiger partial charge in [-0.3, -0.25) is 52.7 Å². The van der Waals surface area contributed by atoms with Crippen LogP contribution in [0.3, 0.4) is 0 Å². The molecule has 4 aromatic carbocycles. The lowest BCUT2D eigenvalue weighted by Gasteiger charge is -2.35. The molecular weight excluding hydrogens is 1360 g/mol. The Morgan fingerprint density at radius 2 is 1.29 bits per heavy atom. The van der Waals surface area contributed by atoms with Gasteiger partial charge < -0.3 is 83.6 Å². The molecule has 32 heteroatoms. The fraction of sp³-hybridized carbons (Fsp3) is 0.400. The van der Waals surface area contributed by atoms with Crippen molar-refractivity contribution >= 4 is 110 Å². The number of halogens is 2. The minimum atomic E-state index is -2.04. The lowest BCUT2D eigenvalue weighted by Crippen LogP contribution is -2.61. The van der Waals surface area contributed by atoms with E-state index in [0.29, 0.717) is 70.6 Å². The largest absolute Gasteiger partial charge is 0.508 e. The van der Waals surface area contributed by atoms with Crippen LogP contribution in [-0.4, -0.2) is 192 Å². The van der Waals surface area contributed by atoms with Crippen LogP contribution in [0.1, 0.15) is 84.9 Å². The average Bonchev–Trinajstić information content (AvgIpc) is 1.56. The third-order valence-corrected chi connectivity index (χ3v) is 19.9.